The van der Waals surface area contributed by atoms with E-state index < -0.39 is 5.60 Å². The van der Waals surface area contributed by atoms with Crippen molar-refractivity contribution in [3.05, 3.63) is 34.9 Å². The van der Waals surface area contributed by atoms with E-state index in [0.717, 1.165) is 13.0 Å². The zero-order valence-corrected chi connectivity index (χ0v) is 14.1. The number of fused-ring (bicyclic) bond motifs is 1. The summed E-state index contributed by atoms with van der Waals surface area (Å²) in [7, 11) is 0. The van der Waals surface area contributed by atoms with Crippen molar-refractivity contribution in [3.8, 4) is 0 Å². The van der Waals surface area contributed by atoms with E-state index in [2.05, 4.69) is 39.0 Å². The van der Waals surface area contributed by atoms with Gasteiger partial charge in [0.15, 0.2) is 0 Å². The van der Waals surface area contributed by atoms with Gasteiger partial charge in [-0.2, -0.15) is 0 Å². The van der Waals surface area contributed by atoms with Crippen LogP contribution >= 0.6 is 0 Å². The fourth-order valence-corrected chi connectivity index (χ4v) is 2.79. The van der Waals surface area contributed by atoms with Crippen LogP contribution in [0.15, 0.2) is 18.2 Å². The number of carbonyl (C=O) groups is 1. The summed E-state index contributed by atoms with van der Waals surface area (Å²) in [4.78, 5) is 14.0. The van der Waals surface area contributed by atoms with Crippen LogP contribution in [0.3, 0.4) is 0 Å². The van der Waals surface area contributed by atoms with Gasteiger partial charge in [-0.1, -0.05) is 39.0 Å². The lowest BCUT2D eigenvalue weighted by molar-refractivity contribution is 0.0223. The van der Waals surface area contributed by atoms with Crippen LogP contribution in [0.4, 0.5) is 4.79 Å². The van der Waals surface area contributed by atoms with Crippen molar-refractivity contribution in [2.75, 3.05) is 6.54 Å². The van der Waals surface area contributed by atoms with Crippen LogP contribution in [-0.2, 0) is 23.1 Å². The van der Waals surface area contributed by atoms with E-state index in [1.54, 1.807) is 4.90 Å². The van der Waals surface area contributed by atoms with E-state index in [9.17, 15) is 4.79 Å². The van der Waals surface area contributed by atoms with Gasteiger partial charge in [-0.25, -0.2) is 4.79 Å². The maximum absolute atomic E-state index is 12.2. The predicted octanol–water partition coefficient (Wildman–Crippen LogP) is 4.28. The van der Waals surface area contributed by atoms with Gasteiger partial charge in [0.25, 0.3) is 0 Å². The van der Waals surface area contributed by atoms with Gasteiger partial charge in [-0.15, -0.1) is 0 Å². The largest absolute Gasteiger partial charge is 0.444 e. The third kappa shape index (κ3) is 3.78. The summed E-state index contributed by atoms with van der Waals surface area (Å²) >= 11 is 0. The number of rotatable bonds is 0. The van der Waals surface area contributed by atoms with Gasteiger partial charge in [0.05, 0.1) is 0 Å². The topological polar surface area (TPSA) is 29.5 Å². The van der Waals surface area contributed by atoms with Crippen LogP contribution in [0.5, 0.6) is 0 Å². The Morgan fingerprint density at radius 2 is 1.81 bits per heavy atom. The molecule has 1 aliphatic rings. The quantitative estimate of drug-likeness (QED) is 0.713. The molecule has 3 heteroatoms. The minimum absolute atomic E-state index is 0.138. The molecule has 1 heterocycles. The lowest BCUT2D eigenvalue weighted by Gasteiger charge is -2.34. The molecule has 0 bridgehead atoms. The number of ether oxygens (including phenoxy) is 1. The molecule has 1 aliphatic heterocycles. The Morgan fingerprint density at radius 3 is 2.38 bits per heavy atom. The van der Waals surface area contributed by atoms with Crippen LogP contribution in [0.1, 0.15) is 58.2 Å². The molecule has 0 unspecified atom stereocenters. The molecule has 1 aromatic carbocycles. The van der Waals surface area contributed by atoms with Gasteiger partial charge in [0.2, 0.25) is 0 Å². The maximum Gasteiger partial charge on any atom is 0.410 e. The molecule has 0 fully saturated rings. The van der Waals surface area contributed by atoms with E-state index in [0.29, 0.717) is 6.54 Å². The zero-order valence-electron chi connectivity index (χ0n) is 14.1. The third-order valence-electron chi connectivity index (χ3n) is 3.73. The van der Waals surface area contributed by atoms with Gasteiger partial charge < -0.3 is 9.64 Å². The first-order valence-electron chi connectivity index (χ1n) is 7.67. The summed E-state index contributed by atoms with van der Waals surface area (Å²) in [6.07, 6.45) is 0.691. The molecule has 21 heavy (non-hydrogen) atoms. The first-order valence-corrected chi connectivity index (χ1v) is 7.67. The molecule has 0 spiro atoms. The molecule has 0 aromatic heterocycles. The Labute approximate surface area is 128 Å². The Bertz CT molecular complexity index is 535. The number of amides is 1. The second kappa shape index (κ2) is 5.36. The van der Waals surface area contributed by atoms with Crippen LogP contribution in [-0.4, -0.2) is 23.1 Å². The normalized spacial score (nSPS) is 15.6. The molecule has 0 N–H and O–H groups in total. The minimum Gasteiger partial charge on any atom is -0.444 e. The molecule has 0 atom stereocenters. The standard InChI is InChI=1S/C18H27NO2/c1-17(2,3)15-9-7-8-13-12-19(11-10-14(13)15)16(20)21-18(4,5)6/h7-9H,10-12H2,1-6H3. The van der Waals surface area contributed by atoms with E-state index in [4.69, 9.17) is 4.74 Å². The number of nitrogens with zero attached hydrogens (tertiary/aromatic N) is 1. The lowest BCUT2D eigenvalue weighted by Crippen LogP contribution is -2.40. The summed E-state index contributed by atoms with van der Waals surface area (Å²) in [6.45, 7) is 13.8. The van der Waals surface area contributed by atoms with Crippen LogP contribution in [0.25, 0.3) is 0 Å². The Kier molecular flexibility index (Phi) is 4.05. The molecular weight excluding hydrogens is 262 g/mol. The van der Waals surface area contributed by atoms with Crippen molar-refractivity contribution in [1.29, 1.82) is 0 Å². The smallest absolute Gasteiger partial charge is 0.410 e. The highest BCUT2D eigenvalue weighted by Crippen LogP contribution is 2.31. The summed E-state index contributed by atoms with van der Waals surface area (Å²) in [5.41, 5.74) is 3.75. The van der Waals surface area contributed by atoms with Crippen molar-refractivity contribution in [2.45, 2.75) is 65.5 Å². The molecule has 0 saturated carbocycles. The van der Waals surface area contributed by atoms with Gasteiger partial charge in [0, 0.05) is 13.1 Å². The predicted molar refractivity (Wildman–Crippen MR) is 85.5 cm³/mol. The summed E-state index contributed by atoms with van der Waals surface area (Å²) in [5, 5.41) is 0. The highest BCUT2D eigenvalue weighted by Gasteiger charge is 2.28. The Morgan fingerprint density at radius 1 is 1.14 bits per heavy atom. The Balaban J connectivity index is 2.21. The second-order valence-corrected chi connectivity index (χ2v) is 7.85. The average Bonchev–Trinajstić information content (AvgIpc) is 2.34. The van der Waals surface area contributed by atoms with Crippen molar-refractivity contribution >= 4 is 6.09 Å². The first kappa shape index (κ1) is 15.9. The average molecular weight is 289 g/mol. The van der Waals surface area contributed by atoms with Crippen molar-refractivity contribution in [1.82, 2.24) is 4.90 Å². The van der Waals surface area contributed by atoms with Crippen molar-refractivity contribution < 1.29 is 9.53 Å². The number of carbonyl (C=O) groups excluding carboxylic acids is 1. The van der Waals surface area contributed by atoms with E-state index in [1.165, 1.54) is 16.7 Å². The Hall–Kier alpha value is -1.51. The fourth-order valence-electron chi connectivity index (χ4n) is 2.79. The molecule has 116 valence electrons. The third-order valence-corrected chi connectivity index (χ3v) is 3.73. The highest BCUT2D eigenvalue weighted by atomic mass is 16.6. The molecule has 1 aromatic rings. The van der Waals surface area contributed by atoms with Gasteiger partial charge in [-0.3, -0.25) is 0 Å². The van der Waals surface area contributed by atoms with E-state index in [-0.39, 0.29) is 11.5 Å². The van der Waals surface area contributed by atoms with Gasteiger partial charge in [0.1, 0.15) is 5.60 Å². The number of hydrogen-bond donors (Lipinski definition) is 0. The highest BCUT2D eigenvalue weighted by molar-refractivity contribution is 5.68. The fraction of sp³-hybridized carbons (Fsp3) is 0.611. The molecule has 3 nitrogen and oxygen atoms in total. The number of benzene rings is 1. The lowest BCUT2D eigenvalue weighted by atomic mass is 9.80. The second-order valence-electron chi connectivity index (χ2n) is 7.85. The molecule has 0 radical (unpaired) electrons. The zero-order chi connectivity index (χ0) is 15.8. The van der Waals surface area contributed by atoms with E-state index in [1.807, 2.05) is 20.8 Å². The molecular formula is C18H27NO2. The molecule has 0 saturated heterocycles. The summed E-state index contributed by atoms with van der Waals surface area (Å²) < 4.78 is 5.48. The van der Waals surface area contributed by atoms with Crippen LogP contribution in [0, 0.1) is 0 Å². The van der Waals surface area contributed by atoms with Crippen molar-refractivity contribution in [3.63, 3.8) is 0 Å². The summed E-state index contributed by atoms with van der Waals surface area (Å²) in [5.74, 6) is 0. The first-order chi connectivity index (χ1) is 9.58. The van der Waals surface area contributed by atoms with Gasteiger partial charge in [-0.05, 0) is 49.3 Å². The summed E-state index contributed by atoms with van der Waals surface area (Å²) in [6, 6.07) is 6.43. The van der Waals surface area contributed by atoms with Gasteiger partial charge >= 0.3 is 6.09 Å². The number of hydrogen-bond acceptors (Lipinski definition) is 2. The SMILES string of the molecule is CC(C)(C)OC(=O)N1CCc2c(cccc2C(C)(C)C)C1. The monoisotopic (exact) mass is 289 g/mol. The van der Waals surface area contributed by atoms with E-state index >= 15 is 0 Å². The van der Waals surface area contributed by atoms with Crippen LogP contribution in [0.2, 0.25) is 0 Å². The minimum atomic E-state index is -0.440. The maximum atomic E-state index is 12.2. The van der Waals surface area contributed by atoms with Crippen molar-refractivity contribution in [2.24, 2.45) is 0 Å². The molecule has 1 amide bonds. The van der Waals surface area contributed by atoms with Crippen LogP contribution < -0.4 is 0 Å². The molecule has 0 aliphatic carbocycles. The molecule has 2 rings (SSSR count).